The van der Waals surface area contributed by atoms with E-state index in [9.17, 15) is 4.79 Å². The van der Waals surface area contributed by atoms with Crippen LogP contribution in [0.5, 0.6) is 0 Å². The minimum atomic E-state index is -0.957. The van der Waals surface area contributed by atoms with E-state index in [1.165, 1.54) is 0 Å². The second kappa shape index (κ2) is 6.30. The molecule has 0 radical (unpaired) electrons. The van der Waals surface area contributed by atoms with Gasteiger partial charge in [-0.25, -0.2) is 0 Å². The van der Waals surface area contributed by atoms with Gasteiger partial charge in [0.15, 0.2) is 0 Å². The van der Waals surface area contributed by atoms with Crippen molar-refractivity contribution < 1.29 is 9.90 Å². The van der Waals surface area contributed by atoms with Crippen molar-refractivity contribution in [1.82, 2.24) is 0 Å². The summed E-state index contributed by atoms with van der Waals surface area (Å²) in [5.74, 6) is -0.957. The van der Waals surface area contributed by atoms with E-state index in [-0.39, 0.29) is 12.4 Å². The zero-order valence-corrected chi connectivity index (χ0v) is 11.2. The molecule has 0 aliphatic carbocycles. The summed E-state index contributed by atoms with van der Waals surface area (Å²) in [6.07, 6.45) is 0.382. The zero-order chi connectivity index (χ0) is 10.7. The van der Waals surface area contributed by atoms with Crippen LogP contribution in [-0.2, 0) is 11.2 Å². The van der Waals surface area contributed by atoms with Crippen molar-refractivity contribution in [3.8, 4) is 0 Å². The zero-order valence-electron chi connectivity index (χ0n) is 8.24. The van der Waals surface area contributed by atoms with Crippen LogP contribution in [0, 0.1) is 10.5 Å². The quantitative estimate of drug-likeness (QED) is 0.826. The highest BCUT2D eigenvalue weighted by atomic mass is 127. The van der Waals surface area contributed by atoms with E-state index in [4.69, 9.17) is 10.8 Å². The van der Waals surface area contributed by atoms with E-state index < -0.39 is 12.0 Å². The Morgan fingerprint density at radius 1 is 1.53 bits per heavy atom. The van der Waals surface area contributed by atoms with E-state index in [1.54, 1.807) is 0 Å². The molecule has 0 aliphatic rings. The Bertz CT molecular complexity index is 337. The largest absolute Gasteiger partial charge is 0.480 e. The first-order valence-electron chi connectivity index (χ1n) is 4.23. The smallest absolute Gasteiger partial charge is 0.320 e. The van der Waals surface area contributed by atoms with Gasteiger partial charge < -0.3 is 10.8 Å². The molecule has 0 saturated heterocycles. The number of halogens is 2. The predicted molar refractivity (Wildman–Crippen MR) is 70.5 cm³/mol. The molecule has 0 heterocycles. The van der Waals surface area contributed by atoms with Crippen LogP contribution in [0.15, 0.2) is 18.2 Å². The van der Waals surface area contributed by atoms with Gasteiger partial charge in [0, 0.05) is 3.57 Å². The topological polar surface area (TPSA) is 63.3 Å². The second-order valence-corrected chi connectivity index (χ2v) is 4.53. The molecule has 15 heavy (non-hydrogen) atoms. The summed E-state index contributed by atoms with van der Waals surface area (Å²) in [4.78, 5) is 10.5. The fourth-order valence-electron chi connectivity index (χ4n) is 1.27. The lowest BCUT2D eigenvalue weighted by Gasteiger charge is -2.07. The van der Waals surface area contributed by atoms with Gasteiger partial charge in [-0.3, -0.25) is 4.79 Å². The summed E-state index contributed by atoms with van der Waals surface area (Å²) >= 11 is 2.21. The first-order chi connectivity index (χ1) is 6.49. The van der Waals surface area contributed by atoms with Crippen LogP contribution >= 0.6 is 35.0 Å². The summed E-state index contributed by atoms with van der Waals surface area (Å²) in [6, 6.07) is 5.14. The molecule has 0 aliphatic heterocycles. The summed E-state index contributed by atoms with van der Waals surface area (Å²) in [5.41, 5.74) is 7.55. The van der Waals surface area contributed by atoms with Gasteiger partial charge in [-0.05, 0) is 59.2 Å². The number of aryl methyl sites for hydroxylation is 1. The van der Waals surface area contributed by atoms with Crippen LogP contribution in [-0.4, -0.2) is 17.1 Å². The molecule has 0 spiro atoms. The minimum Gasteiger partial charge on any atom is -0.480 e. The normalized spacial score (nSPS) is 11.7. The molecular weight excluding hydrogens is 328 g/mol. The maximum absolute atomic E-state index is 10.5. The number of carboxylic acids is 1. The molecule has 0 bridgehead atoms. The third kappa shape index (κ3) is 4.81. The molecule has 1 aromatic carbocycles. The highest BCUT2D eigenvalue weighted by Gasteiger charge is 2.12. The first-order valence-corrected chi connectivity index (χ1v) is 5.31. The number of hydrogen-bond donors (Lipinski definition) is 2. The van der Waals surface area contributed by atoms with Crippen LogP contribution in [0.25, 0.3) is 0 Å². The molecule has 84 valence electrons. The molecule has 0 amide bonds. The number of benzene rings is 1. The maximum atomic E-state index is 10.5. The molecule has 3 N–H and O–H groups in total. The molecule has 3 nitrogen and oxygen atoms in total. The van der Waals surface area contributed by atoms with Crippen molar-refractivity contribution >= 4 is 41.0 Å². The number of nitrogens with two attached hydrogens (primary N) is 1. The van der Waals surface area contributed by atoms with E-state index in [2.05, 4.69) is 22.6 Å². The Morgan fingerprint density at radius 2 is 2.13 bits per heavy atom. The summed E-state index contributed by atoms with van der Waals surface area (Å²) in [5, 5.41) is 8.66. The average Bonchev–Trinajstić information content (AvgIpc) is 2.01. The molecular formula is C10H13ClINO2. The predicted octanol–water partition coefficient (Wildman–Crippen LogP) is 1.98. The fourth-order valence-corrected chi connectivity index (χ4v) is 2.16. The molecule has 0 aromatic heterocycles. The van der Waals surface area contributed by atoms with Gasteiger partial charge in [-0.15, -0.1) is 12.4 Å². The lowest BCUT2D eigenvalue weighted by atomic mass is 10.0. The number of aliphatic carboxylic acids is 1. The van der Waals surface area contributed by atoms with Crippen LogP contribution in [0.3, 0.4) is 0 Å². The SMILES string of the molecule is Cc1cc(I)cc(C[C@H](N)C(=O)O)c1.Cl. The summed E-state index contributed by atoms with van der Waals surface area (Å²) in [7, 11) is 0. The fraction of sp³-hybridized carbons (Fsp3) is 0.300. The van der Waals surface area contributed by atoms with Gasteiger partial charge in [0.2, 0.25) is 0 Å². The first kappa shape index (κ1) is 14.7. The van der Waals surface area contributed by atoms with Crippen molar-refractivity contribution in [2.45, 2.75) is 19.4 Å². The highest BCUT2D eigenvalue weighted by molar-refractivity contribution is 14.1. The van der Waals surface area contributed by atoms with Gasteiger partial charge in [-0.2, -0.15) is 0 Å². The molecule has 0 saturated carbocycles. The molecule has 0 fully saturated rings. The van der Waals surface area contributed by atoms with Crippen molar-refractivity contribution in [1.29, 1.82) is 0 Å². The Morgan fingerprint density at radius 3 is 2.60 bits per heavy atom. The molecule has 1 aromatic rings. The highest BCUT2D eigenvalue weighted by Crippen LogP contribution is 2.13. The Kier molecular flexibility index (Phi) is 6.16. The van der Waals surface area contributed by atoms with E-state index in [1.807, 2.05) is 25.1 Å². The summed E-state index contributed by atoms with van der Waals surface area (Å²) < 4.78 is 1.11. The Labute approximate surface area is 109 Å². The monoisotopic (exact) mass is 341 g/mol. The minimum absolute atomic E-state index is 0. The van der Waals surface area contributed by atoms with E-state index >= 15 is 0 Å². The number of hydrogen-bond acceptors (Lipinski definition) is 2. The van der Waals surface area contributed by atoms with Crippen LogP contribution in [0.1, 0.15) is 11.1 Å². The molecule has 1 atom stereocenters. The van der Waals surface area contributed by atoms with Crippen molar-refractivity contribution in [3.05, 3.63) is 32.9 Å². The standard InChI is InChI=1S/C10H12INO2.ClH/c1-6-2-7(4-8(11)3-6)5-9(12)10(13)14;/h2-4,9H,5,12H2,1H3,(H,13,14);1H/t9-;/m0./s1. The third-order valence-corrected chi connectivity index (χ3v) is 2.50. The summed E-state index contributed by atoms with van der Waals surface area (Å²) in [6.45, 7) is 1.98. The Hall–Kier alpha value is -0.330. The van der Waals surface area contributed by atoms with E-state index in [0.29, 0.717) is 6.42 Å². The number of carboxylic acid groups (broad SMARTS) is 1. The van der Waals surface area contributed by atoms with Crippen molar-refractivity contribution in [2.24, 2.45) is 5.73 Å². The third-order valence-electron chi connectivity index (χ3n) is 1.87. The molecule has 0 unspecified atom stereocenters. The Balaban J connectivity index is 0.00000196. The lowest BCUT2D eigenvalue weighted by molar-refractivity contribution is -0.138. The second-order valence-electron chi connectivity index (χ2n) is 3.29. The van der Waals surface area contributed by atoms with Crippen LogP contribution in [0.2, 0.25) is 0 Å². The van der Waals surface area contributed by atoms with Gasteiger partial charge in [0.25, 0.3) is 0 Å². The maximum Gasteiger partial charge on any atom is 0.320 e. The number of rotatable bonds is 3. The van der Waals surface area contributed by atoms with Crippen molar-refractivity contribution in [3.63, 3.8) is 0 Å². The lowest BCUT2D eigenvalue weighted by Crippen LogP contribution is -2.32. The average molecular weight is 342 g/mol. The number of carbonyl (C=O) groups is 1. The van der Waals surface area contributed by atoms with Crippen LogP contribution in [0.4, 0.5) is 0 Å². The van der Waals surface area contributed by atoms with Gasteiger partial charge in [0.05, 0.1) is 0 Å². The van der Waals surface area contributed by atoms with E-state index in [0.717, 1.165) is 14.7 Å². The van der Waals surface area contributed by atoms with Gasteiger partial charge in [-0.1, -0.05) is 6.07 Å². The van der Waals surface area contributed by atoms with Crippen molar-refractivity contribution in [2.75, 3.05) is 0 Å². The molecule has 5 heteroatoms. The molecule has 1 rings (SSSR count). The van der Waals surface area contributed by atoms with Crippen LogP contribution < -0.4 is 5.73 Å². The van der Waals surface area contributed by atoms with Gasteiger partial charge in [0.1, 0.15) is 6.04 Å². The van der Waals surface area contributed by atoms with Gasteiger partial charge >= 0.3 is 5.97 Å².